The lowest BCUT2D eigenvalue weighted by atomic mass is 10.2. The second-order valence-corrected chi connectivity index (χ2v) is 3.20. The highest BCUT2D eigenvalue weighted by atomic mass is 16.5. The first kappa shape index (κ1) is 10.7. The molecule has 14 heavy (non-hydrogen) atoms. The van der Waals surface area contributed by atoms with Gasteiger partial charge in [-0.2, -0.15) is 0 Å². The molecule has 0 aliphatic rings. The van der Waals surface area contributed by atoms with Crippen molar-refractivity contribution in [2.75, 3.05) is 13.2 Å². The van der Waals surface area contributed by atoms with E-state index in [1.54, 1.807) is 0 Å². The van der Waals surface area contributed by atoms with Crippen LogP contribution in [0.15, 0.2) is 16.9 Å². The molecule has 1 aromatic rings. The van der Waals surface area contributed by atoms with Gasteiger partial charge in [-0.3, -0.25) is 4.79 Å². The molecule has 0 aliphatic heterocycles. The summed E-state index contributed by atoms with van der Waals surface area (Å²) in [5, 5.41) is 12.3. The van der Waals surface area contributed by atoms with Gasteiger partial charge in [0.2, 0.25) is 0 Å². The first-order chi connectivity index (χ1) is 6.66. The van der Waals surface area contributed by atoms with Crippen molar-refractivity contribution in [3.05, 3.63) is 18.0 Å². The molecule has 0 unspecified atom stereocenters. The summed E-state index contributed by atoms with van der Waals surface area (Å²) in [6.07, 6.45) is 1.35. The number of rotatable bonds is 4. The summed E-state index contributed by atoms with van der Waals surface area (Å²) in [6, 6.07) is 1.54. The van der Waals surface area contributed by atoms with Gasteiger partial charge in [0, 0.05) is 18.7 Å². The second-order valence-electron chi connectivity index (χ2n) is 3.20. The zero-order chi connectivity index (χ0) is 10.6. The Balaban J connectivity index is 2.74. The maximum atomic E-state index is 11.7. The molecule has 0 saturated heterocycles. The van der Waals surface area contributed by atoms with Gasteiger partial charge in [-0.05, 0) is 13.8 Å². The van der Waals surface area contributed by atoms with Crippen molar-refractivity contribution in [1.82, 2.24) is 10.1 Å². The van der Waals surface area contributed by atoms with Gasteiger partial charge in [0.05, 0.1) is 6.61 Å². The monoisotopic (exact) mass is 198 g/mol. The van der Waals surface area contributed by atoms with E-state index in [2.05, 4.69) is 9.68 Å². The summed E-state index contributed by atoms with van der Waals surface area (Å²) in [6.45, 7) is 4.02. The third-order valence-corrected chi connectivity index (χ3v) is 1.88. The van der Waals surface area contributed by atoms with Crippen LogP contribution in [0.25, 0.3) is 0 Å². The molecule has 0 bridgehead atoms. The van der Waals surface area contributed by atoms with Crippen LogP contribution < -0.4 is 0 Å². The highest BCUT2D eigenvalue weighted by Crippen LogP contribution is 2.05. The van der Waals surface area contributed by atoms with E-state index >= 15 is 0 Å². The van der Waals surface area contributed by atoms with Crippen molar-refractivity contribution in [2.24, 2.45) is 0 Å². The van der Waals surface area contributed by atoms with Gasteiger partial charge in [0.25, 0.3) is 5.91 Å². The Morgan fingerprint density at radius 3 is 2.86 bits per heavy atom. The Morgan fingerprint density at radius 2 is 2.43 bits per heavy atom. The molecule has 1 heterocycles. The number of hydrogen-bond donors (Lipinski definition) is 1. The lowest BCUT2D eigenvalue weighted by Crippen LogP contribution is -2.39. The van der Waals surface area contributed by atoms with Crippen LogP contribution in [-0.4, -0.2) is 40.3 Å². The summed E-state index contributed by atoms with van der Waals surface area (Å²) in [5.74, 6) is -0.220. The predicted octanol–water partition coefficient (Wildman–Crippen LogP) is 0.518. The van der Waals surface area contributed by atoms with Crippen LogP contribution in [0.2, 0.25) is 0 Å². The first-order valence-electron chi connectivity index (χ1n) is 4.49. The molecule has 1 N–H and O–H groups in total. The molecule has 0 radical (unpaired) electrons. The van der Waals surface area contributed by atoms with Crippen molar-refractivity contribution in [3.63, 3.8) is 0 Å². The van der Waals surface area contributed by atoms with Crippen LogP contribution in [0.5, 0.6) is 0 Å². The van der Waals surface area contributed by atoms with Gasteiger partial charge >= 0.3 is 0 Å². The van der Waals surface area contributed by atoms with Gasteiger partial charge in [-0.15, -0.1) is 0 Å². The van der Waals surface area contributed by atoms with E-state index in [0.717, 1.165) is 0 Å². The first-order valence-corrected chi connectivity index (χ1v) is 4.49. The van der Waals surface area contributed by atoms with Crippen LogP contribution in [0.4, 0.5) is 0 Å². The number of carbonyl (C=O) groups is 1. The highest BCUT2D eigenvalue weighted by molar-refractivity contribution is 5.92. The largest absolute Gasteiger partial charge is 0.395 e. The molecule has 1 aromatic heterocycles. The fourth-order valence-corrected chi connectivity index (χ4v) is 1.17. The summed E-state index contributed by atoms with van der Waals surface area (Å²) < 4.78 is 4.58. The number of nitrogens with zero attached hydrogens (tertiary/aromatic N) is 2. The second kappa shape index (κ2) is 4.76. The standard InChI is InChI=1S/C9H14N2O3/c1-7(2)11(4-5-12)9(13)8-3-6-14-10-8/h3,6-7,12H,4-5H2,1-2H3. The molecule has 0 fully saturated rings. The lowest BCUT2D eigenvalue weighted by Gasteiger charge is -2.24. The average Bonchev–Trinajstić information content (AvgIpc) is 2.65. The van der Waals surface area contributed by atoms with E-state index in [-0.39, 0.29) is 24.2 Å². The molecule has 0 aromatic carbocycles. The number of aliphatic hydroxyl groups excluding tert-OH is 1. The van der Waals surface area contributed by atoms with Crippen molar-refractivity contribution in [2.45, 2.75) is 19.9 Å². The summed E-state index contributed by atoms with van der Waals surface area (Å²) in [5.41, 5.74) is 0.271. The van der Waals surface area contributed by atoms with Crippen molar-refractivity contribution < 1.29 is 14.4 Å². The Labute approximate surface area is 82.3 Å². The van der Waals surface area contributed by atoms with Gasteiger partial charge in [-0.1, -0.05) is 5.16 Å². The maximum absolute atomic E-state index is 11.7. The van der Waals surface area contributed by atoms with E-state index in [4.69, 9.17) is 5.11 Å². The highest BCUT2D eigenvalue weighted by Gasteiger charge is 2.20. The van der Waals surface area contributed by atoms with Crippen molar-refractivity contribution in [1.29, 1.82) is 0 Å². The topological polar surface area (TPSA) is 66.6 Å². The third-order valence-electron chi connectivity index (χ3n) is 1.88. The van der Waals surface area contributed by atoms with Gasteiger partial charge in [-0.25, -0.2) is 0 Å². The molecule has 1 rings (SSSR count). The molecule has 0 aliphatic carbocycles. The minimum Gasteiger partial charge on any atom is -0.395 e. The molecular weight excluding hydrogens is 184 g/mol. The quantitative estimate of drug-likeness (QED) is 0.765. The Morgan fingerprint density at radius 1 is 1.71 bits per heavy atom. The maximum Gasteiger partial charge on any atom is 0.276 e. The number of aromatic nitrogens is 1. The van der Waals surface area contributed by atoms with Crippen molar-refractivity contribution >= 4 is 5.91 Å². The molecular formula is C9H14N2O3. The number of aliphatic hydroxyl groups is 1. The van der Waals surface area contributed by atoms with E-state index in [1.165, 1.54) is 17.2 Å². The summed E-state index contributed by atoms with van der Waals surface area (Å²) in [4.78, 5) is 13.3. The smallest absolute Gasteiger partial charge is 0.276 e. The fourth-order valence-electron chi connectivity index (χ4n) is 1.17. The minimum atomic E-state index is -0.220. The number of amides is 1. The van der Waals surface area contributed by atoms with Gasteiger partial charge in [0.1, 0.15) is 6.26 Å². The van der Waals surface area contributed by atoms with Gasteiger partial charge < -0.3 is 14.5 Å². The van der Waals surface area contributed by atoms with Crippen LogP contribution in [-0.2, 0) is 0 Å². The molecule has 1 amide bonds. The molecule has 0 atom stereocenters. The third kappa shape index (κ3) is 2.32. The summed E-state index contributed by atoms with van der Waals surface area (Å²) in [7, 11) is 0. The van der Waals surface area contributed by atoms with Crippen LogP contribution >= 0.6 is 0 Å². The van der Waals surface area contributed by atoms with Crippen LogP contribution in [0.1, 0.15) is 24.3 Å². The van der Waals surface area contributed by atoms with Crippen LogP contribution in [0, 0.1) is 0 Å². The Bertz CT molecular complexity index is 282. The van der Waals surface area contributed by atoms with Crippen LogP contribution in [0.3, 0.4) is 0 Å². The number of hydrogen-bond acceptors (Lipinski definition) is 4. The summed E-state index contributed by atoms with van der Waals surface area (Å²) >= 11 is 0. The van der Waals surface area contributed by atoms with E-state index in [1.807, 2.05) is 13.8 Å². The van der Waals surface area contributed by atoms with Gasteiger partial charge in [0.15, 0.2) is 5.69 Å². The fraction of sp³-hybridized carbons (Fsp3) is 0.556. The Hall–Kier alpha value is -1.36. The minimum absolute atomic E-state index is 0.0337. The predicted molar refractivity (Wildman–Crippen MR) is 49.8 cm³/mol. The average molecular weight is 198 g/mol. The molecule has 0 spiro atoms. The zero-order valence-electron chi connectivity index (χ0n) is 8.30. The normalized spacial score (nSPS) is 10.6. The van der Waals surface area contributed by atoms with E-state index < -0.39 is 0 Å². The molecule has 5 nitrogen and oxygen atoms in total. The lowest BCUT2D eigenvalue weighted by molar-refractivity contribution is 0.0655. The van der Waals surface area contributed by atoms with Crippen molar-refractivity contribution in [3.8, 4) is 0 Å². The Kier molecular flexibility index (Phi) is 3.64. The number of carbonyl (C=O) groups excluding carboxylic acids is 1. The molecule has 5 heteroatoms. The zero-order valence-corrected chi connectivity index (χ0v) is 8.30. The van der Waals surface area contributed by atoms with E-state index in [9.17, 15) is 4.79 Å². The molecule has 0 saturated carbocycles. The molecule has 78 valence electrons. The van der Waals surface area contributed by atoms with E-state index in [0.29, 0.717) is 6.54 Å². The SMILES string of the molecule is CC(C)N(CCO)C(=O)c1ccon1.